The van der Waals surface area contributed by atoms with E-state index in [2.05, 4.69) is 24.3 Å². The second kappa shape index (κ2) is 16.2. The highest BCUT2D eigenvalue weighted by atomic mass is 16.4. The van der Waals surface area contributed by atoms with Gasteiger partial charge in [0, 0.05) is 6.21 Å². The summed E-state index contributed by atoms with van der Waals surface area (Å²) in [6.45, 7) is 8.42. The molecule has 68 valence electrons. The molecule has 2 N–H and O–H groups in total. The zero-order valence-corrected chi connectivity index (χ0v) is 7.80. The van der Waals surface area contributed by atoms with Gasteiger partial charge in [-0.2, -0.15) is 0 Å². The first kappa shape index (κ1) is 13.1. The molecule has 0 saturated carbocycles. The van der Waals surface area contributed by atoms with Gasteiger partial charge in [0.2, 0.25) is 0 Å². The molecule has 11 heavy (non-hydrogen) atoms. The van der Waals surface area contributed by atoms with Crippen molar-refractivity contribution in [3.05, 3.63) is 0 Å². The molecular weight excluding hydrogens is 140 g/mol. The third-order valence-corrected chi connectivity index (χ3v) is 0.999. The molecule has 0 fully saturated rings. The molecule has 0 bridgehead atoms. The number of oxime groups is 1. The highest BCUT2D eigenvalue weighted by molar-refractivity contribution is 5.55. The summed E-state index contributed by atoms with van der Waals surface area (Å²) in [6, 6.07) is 0. The zero-order chi connectivity index (χ0) is 8.95. The zero-order valence-electron chi connectivity index (χ0n) is 7.80. The van der Waals surface area contributed by atoms with E-state index >= 15 is 0 Å². The van der Waals surface area contributed by atoms with Gasteiger partial charge in [0.15, 0.2) is 0 Å². The molecule has 0 aromatic heterocycles. The van der Waals surface area contributed by atoms with Gasteiger partial charge in [0.05, 0.1) is 0 Å². The van der Waals surface area contributed by atoms with Crippen molar-refractivity contribution in [2.24, 2.45) is 5.16 Å². The van der Waals surface area contributed by atoms with Crippen LogP contribution in [0.4, 0.5) is 0 Å². The Morgan fingerprint density at radius 2 is 1.82 bits per heavy atom. The number of hydrogen-bond donors (Lipinski definition) is 2. The maximum absolute atomic E-state index is 7.77. The van der Waals surface area contributed by atoms with Crippen LogP contribution in [0, 0.1) is 0 Å². The number of nitrogens with one attached hydrogen (secondary N) is 1. The fourth-order valence-electron chi connectivity index (χ4n) is 0.437. The normalized spacial score (nSPS) is 9.36. The van der Waals surface area contributed by atoms with Crippen LogP contribution in [0.25, 0.3) is 0 Å². The molecule has 0 unspecified atom stereocenters. The SMILES string of the molecule is CCCC=NO.CCNCC. The van der Waals surface area contributed by atoms with Crippen molar-refractivity contribution in [2.45, 2.75) is 33.6 Å². The van der Waals surface area contributed by atoms with Gasteiger partial charge in [-0.15, -0.1) is 5.16 Å². The number of unbranched alkanes of at least 4 members (excludes halogenated alkanes) is 1. The lowest BCUT2D eigenvalue weighted by Gasteiger charge is -1.86. The van der Waals surface area contributed by atoms with Crippen molar-refractivity contribution in [1.29, 1.82) is 0 Å². The molecule has 0 aromatic carbocycles. The molecule has 0 radical (unpaired) electrons. The van der Waals surface area contributed by atoms with Gasteiger partial charge in [0.25, 0.3) is 0 Å². The Labute approximate surface area is 69.5 Å². The minimum atomic E-state index is 0.872. The van der Waals surface area contributed by atoms with E-state index < -0.39 is 0 Å². The van der Waals surface area contributed by atoms with Gasteiger partial charge < -0.3 is 10.5 Å². The second-order valence-electron chi connectivity index (χ2n) is 2.04. The Morgan fingerprint density at radius 1 is 1.27 bits per heavy atom. The summed E-state index contributed by atoms with van der Waals surface area (Å²) in [5, 5.41) is 13.7. The van der Waals surface area contributed by atoms with Crippen LogP contribution in [0.15, 0.2) is 5.16 Å². The van der Waals surface area contributed by atoms with Crippen molar-refractivity contribution in [3.63, 3.8) is 0 Å². The monoisotopic (exact) mass is 160 g/mol. The average Bonchev–Trinajstić information content (AvgIpc) is 2.04. The lowest BCUT2D eigenvalue weighted by Crippen LogP contribution is -2.09. The van der Waals surface area contributed by atoms with Crippen molar-refractivity contribution in [1.82, 2.24) is 5.32 Å². The van der Waals surface area contributed by atoms with E-state index in [-0.39, 0.29) is 0 Å². The number of hydrogen-bond acceptors (Lipinski definition) is 3. The van der Waals surface area contributed by atoms with Crippen molar-refractivity contribution in [3.8, 4) is 0 Å². The first-order valence-electron chi connectivity index (χ1n) is 4.19. The van der Waals surface area contributed by atoms with Crippen LogP contribution in [0.1, 0.15) is 33.6 Å². The van der Waals surface area contributed by atoms with Crippen LogP contribution in [0.2, 0.25) is 0 Å². The molecule has 0 atom stereocenters. The molecule has 0 spiro atoms. The Bertz CT molecular complexity index is 72.5. The Balaban J connectivity index is 0. The third kappa shape index (κ3) is 26.5. The summed E-state index contributed by atoms with van der Waals surface area (Å²) in [5.41, 5.74) is 0. The molecule has 0 aromatic rings. The minimum Gasteiger partial charge on any atom is -0.411 e. The molecule has 0 heterocycles. The van der Waals surface area contributed by atoms with Crippen LogP contribution >= 0.6 is 0 Å². The topological polar surface area (TPSA) is 44.6 Å². The lowest BCUT2D eigenvalue weighted by atomic mass is 10.4. The van der Waals surface area contributed by atoms with Crippen molar-refractivity contribution >= 4 is 6.21 Å². The predicted molar refractivity (Wildman–Crippen MR) is 49.4 cm³/mol. The van der Waals surface area contributed by atoms with Crippen LogP contribution in [0.3, 0.4) is 0 Å². The van der Waals surface area contributed by atoms with Gasteiger partial charge in [-0.25, -0.2) is 0 Å². The Hall–Kier alpha value is -0.570. The molecule has 0 rings (SSSR count). The molecule has 3 heteroatoms. The van der Waals surface area contributed by atoms with Gasteiger partial charge in [-0.05, 0) is 19.5 Å². The average molecular weight is 160 g/mol. The summed E-state index contributed by atoms with van der Waals surface area (Å²) < 4.78 is 0. The van der Waals surface area contributed by atoms with Crippen LogP contribution < -0.4 is 5.32 Å². The lowest BCUT2D eigenvalue weighted by molar-refractivity contribution is 0.320. The third-order valence-electron chi connectivity index (χ3n) is 0.999. The molecule has 0 saturated heterocycles. The van der Waals surface area contributed by atoms with Crippen LogP contribution in [-0.4, -0.2) is 24.5 Å². The Morgan fingerprint density at radius 3 is 1.91 bits per heavy atom. The fourth-order valence-corrected chi connectivity index (χ4v) is 0.437. The first-order chi connectivity index (χ1) is 5.33. The molecule has 0 amide bonds. The second-order valence-corrected chi connectivity index (χ2v) is 2.04. The van der Waals surface area contributed by atoms with Crippen molar-refractivity contribution < 1.29 is 5.21 Å². The fraction of sp³-hybridized carbons (Fsp3) is 0.875. The largest absolute Gasteiger partial charge is 0.411 e. The number of rotatable bonds is 4. The summed E-state index contributed by atoms with van der Waals surface area (Å²) in [5.74, 6) is 0. The van der Waals surface area contributed by atoms with E-state index in [1.807, 2.05) is 6.92 Å². The summed E-state index contributed by atoms with van der Waals surface area (Å²) in [4.78, 5) is 0. The molecule has 0 aliphatic heterocycles. The van der Waals surface area contributed by atoms with Gasteiger partial charge in [-0.3, -0.25) is 0 Å². The summed E-state index contributed by atoms with van der Waals surface area (Å²) in [6.07, 6.45) is 3.40. The van der Waals surface area contributed by atoms with E-state index in [0.717, 1.165) is 25.9 Å². The van der Waals surface area contributed by atoms with E-state index in [4.69, 9.17) is 5.21 Å². The van der Waals surface area contributed by atoms with E-state index in [0.29, 0.717) is 0 Å². The maximum atomic E-state index is 7.77. The highest BCUT2D eigenvalue weighted by Crippen LogP contribution is 1.77. The Kier molecular flexibility index (Phi) is 19.2. The van der Waals surface area contributed by atoms with Crippen molar-refractivity contribution in [2.75, 3.05) is 13.1 Å². The van der Waals surface area contributed by atoms with E-state index in [1.165, 1.54) is 6.21 Å². The van der Waals surface area contributed by atoms with Crippen LogP contribution in [-0.2, 0) is 0 Å². The van der Waals surface area contributed by atoms with Crippen LogP contribution in [0.5, 0.6) is 0 Å². The van der Waals surface area contributed by atoms with Gasteiger partial charge >= 0.3 is 0 Å². The van der Waals surface area contributed by atoms with Gasteiger partial charge in [0.1, 0.15) is 0 Å². The molecular formula is C8H20N2O. The summed E-state index contributed by atoms with van der Waals surface area (Å²) in [7, 11) is 0. The molecule has 0 aliphatic rings. The highest BCUT2D eigenvalue weighted by Gasteiger charge is 1.67. The molecule has 3 nitrogen and oxygen atoms in total. The van der Waals surface area contributed by atoms with E-state index in [1.54, 1.807) is 0 Å². The van der Waals surface area contributed by atoms with E-state index in [9.17, 15) is 0 Å². The molecule has 0 aliphatic carbocycles. The number of nitrogens with zero attached hydrogens (tertiary/aromatic N) is 1. The standard InChI is InChI=1S/C4H9NO.C4H11N/c1-2-3-4-5-6;1-3-5-4-2/h4,6H,2-3H2,1H3;5H,3-4H2,1-2H3. The summed E-state index contributed by atoms with van der Waals surface area (Å²) >= 11 is 0. The first-order valence-corrected chi connectivity index (χ1v) is 4.19. The maximum Gasteiger partial charge on any atom is 0.0435 e. The predicted octanol–water partition coefficient (Wildman–Crippen LogP) is 1.86. The van der Waals surface area contributed by atoms with Gasteiger partial charge in [-0.1, -0.05) is 27.2 Å². The smallest absolute Gasteiger partial charge is 0.0435 e. The quantitative estimate of drug-likeness (QED) is 0.374. The minimum absolute atomic E-state index is 0.872.